The number of H-pyrrole nitrogens is 1. The van der Waals surface area contributed by atoms with Crippen LogP contribution in [0.1, 0.15) is 56.7 Å². The topological polar surface area (TPSA) is 69.2 Å². The number of amides is 1. The molecular weight excluding hydrogens is 310 g/mol. The van der Waals surface area contributed by atoms with Gasteiger partial charge in [0.2, 0.25) is 0 Å². The molecular formula is C13H22BrN3O2. The zero-order valence-electron chi connectivity index (χ0n) is 12.1. The summed E-state index contributed by atoms with van der Waals surface area (Å²) in [5, 5.41) is 16.5. The van der Waals surface area contributed by atoms with Crippen LogP contribution >= 0.6 is 15.9 Å². The molecule has 1 aromatic heterocycles. The smallest absolute Gasteiger partial charge is 0.275 e. The van der Waals surface area contributed by atoms with Crippen molar-refractivity contribution in [1.82, 2.24) is 15.1 Å². The van der Waals surface area contributed by atoms with Crippen LogP contribution in [0, 0.1) is 0 Å². The van der Waals surface area contributed by atoms with E-state index in [1.165, 1.54) is 0 Å². The first-order valence-electron chi connectivity index (χ1n) is 6.48. The fourth-order valence-corrected chi connectivity index (χ4v) is 2.62. The lowest BCUT2D eigenvalue weighted by Gasteiger charge is -2.27. The molecule has 0 aliphatic carbocycles. The minimum Gasteiger partial charge on any atom is -0.392 e. The van der Waals surface area contributed by atoms with Gasteiger partial charge in [-0.15, -0.1) is 0 Å². The SMILES string of the molecule is CC(O)CN(C(=O)c1n[nH]c(C(C)C)c1Br)C(C)C. The first-order chi connectivity index (χ1) is 8.75. The van der Waals surface area contributed by atoms with Crippen LogP contribution in [0.5, 0.6) is 0 Å². The van der Waals surface area contributed by atoms with Crippen LogP contribution in [0.4, 0.5) is 0 Å². The second-order valence-electron chi connectivity index (χ2n) is 5.35. The normalized spacial score (nSPS) is 13.1. The van der Waals surface area contributed by atoms with Crippen LogP contribution in [0.2, 0.25) is 0 Å². The quantitative estimate of drug-likeness (QED) is 0.871. The van der Waals surface area contributed by atoms with E-state index in [0.717, 1.165) is 5.69 Å². The maximum atomic E-state index is 12.5. The molecule has 108 valence electrons. The van der Waals surface area contributed by atoms with Gasteiger partial charge in [0.05, 0.1) is 16.3 Å². The zero-order valence-corrected chi connectivity index (χ0v) is 13.7. The van der Waals surface area contributed by atoms with Crippen molar-refractivity contribution in [2.75, 3.05) is 6.54 Å². The summed E-state index contributed by atoms with van der Waals surface area (Å²) in [5.74, 6) is 0.0821. The van der Waals surface area contributed by atoms with Gasteiger partial charge >= 0.3 is 0 Å². The molecule has 1 aromatic rings. The Hall–Kier alpha value is -0.880. The van der Waals surface area contributed by atoms with Crippen LogP contribution in [0.3, 0.4) is 0 Å². The van der Waals surface area contributed by atoms with Crippen molar-refractivity contribution < 1.29 is 9.90 Å². The first kappa shape index (κ1) is 16.2. The summed E-state index contributed by atoms with van der Waals surface area (Å²) in [7, 11) is 0. The van der Waals surface area contributed by atoms with E-state index >= 15 is 0 Å². The van der Waals surface area contributed by atoms with Gasteiger partial charge in [-0.2, -0.15) is 5.10 Å². The predicted molar refractivity (Wildman–Crippen MR) is 78.2 cm³/mol. The van der Waals surface area contributed by atoms with Gasteiger partial charge < -0.3 is 10.0 Å². The van der Waals surface area contributed by atoms with E-state index in [-0.39, 0.29) is 17.9 Å². The lowest BCUT2D eigenvalue weighted by Crippen LogP contribution is -2.41. The number of aliphatic hydroxyl groups excluding tert-OH is 1. The van der Waals surface area contributed by atoms with E-state index in [4.69, 9.17) is 0 Å². The maximum absolute atomic E-state index is 12.5. The Morgan fingerprint density at radius 3 is 2.32 bits per heavy atom. The average molecular weight is 332 g/mol. The number of aromatic nitrogens is 2. The average Bonchev–Trinajstić information content (AvgIpc) is 2.66. The van der Waals surface area contributed by atoms with Gasteiger partial charge in [-0.1, -0.05) is 13.8 Å². The highest BCUT2D eigenvalue weighted by molar-refractivity contribution is 9.10. The number of aliphatic hydroxyl groups is 1. The highest BCUT2D eigenvalue weighted by atomic mass is 79.9. The summed E-state index contributed by atoms with van der Waals surface area (Å²) >= 11 is 3.43. The molecule has 1 heterocycles. The van der Waals surface area contributed by atoms with Crippen LogP contribution in [-0.2, 0) is 0 Å². The van der Waals surface area contributed by atoms with E-state index in [1.807, 2.05) is 27.7 Å². The molecule has 0 radical (unpaired) electrons. The van der Waals surface area contributed by atoms with Crippen LogP contribution in [-0.4, -0.2) is 44.8 Å². The minimum absolute atomic E-state index is 0.00759. The summed E-state index contributed by atoms with van der Waals surface area (Å²) in [6, 6.07) is 0.00759. The van der Waals surface area contributed by atoms with Gasteiger partial charge in [0.25, 0.3) is 5.91 Å². The maximum Gasteiger partial charge on any atom is 0.275 e. The summed E-state index contributed by atoms with van der Waals surface area (Å²) < 4.78 is 0.712. The molecule has 1 unspecified atom stereocenters. The van der Waals surface area contributed by atoms with E-state index in [2.05, 4.69) is 26.1 Å². The van der Waals surface area contributed by atoms with Crippen molar-refractivity contribution in [1.29, 1.82) is 0 Å². The molecule has 0 saturated heterocycles. The van der Waals surface area contributed by atoms with Crippen molar-refractivity contribution in [2.45, 2.75) is 52.7 Å². The molecule has 0 spiro atoms. The predicted octanol–water partition coefficient (Wildman–Crippen LogP) is 2.53. The number of rotatable bonds is 5. The van der Waals surface area contributed by atoms with Gasteiger partial charge in [-0.3, -0.25) is 9.89 Å². The molecule has 0 bridgehead atoms. The molecule has 2 N–H and O–H groups in total. The van der Waals surface area contributed by atoms with Crippen LogP contribution in [0.15, 0.2) is 4.47 Å². The Labute approximate surface area is 122 Å². The molecule has 19 heavy (non-hydrogen) atoms. The van der Waals surface area contributed by atoms with E-state index < -0.39 is 6.10 Å². The number of nitrogens with one attached hydrogen (secondary N) is 1. The second kappa shape index (κ2) is 6.52. The van der Waals surface area contributed by atoms with E-state index in [0.29, 0.717) is 16.7 Å². The van der Waals surface area contributed by atoms with Gasteiger partial charge in [0, 0.05) is 12.6 Å². The van der Waals surface area contributed by atoms with Crippen LogP contribution < -0.4 is 0 Å². The Bertz CT molecular complexity index is 441. The van der Waals surface area contributed by atoms with Crippen LogP contribution in [0.25, 0.3) is 0 Å². The highest BCUT2D eigenvalue weighted by Gasteiger charge is 2.26. The fraction of sp³-hybridized carbons (Fsp3) is 0.692. The number of hydrogen-bond donors (Lipinski definition) is 2. The molecule has 1 amide bonds. The zero-order chi connectivity index (χ0) is 14.7. The van der Waals surface area contributed by atoms with Gasteiger partial charge in [0.1, 0.15) is 0 Å². The van der Waals surface area contributed by atoms with E-state index in [9.17, 15) is 9.90 Å². The molecule has 0 fully saturated rings. The lowest BCUT2D eigenvalue weighted by atomic mass is 10.1. The van der Waals surface area contributed by atoms with E-state index in [1.54, 1.807) is 11.8 Å². The monoisotopic (exact) mass is 331 g/mol. The summed E-state index contributed by atoms with van der Waals surface area (Å²) in [6.07, 6.45) is -0.561. The Kier molecular flexibility index (Phi) is 5.55. The third-order valence-corrected chi connectivity index (χ3v) is 3.66. The molecule has 1 atom stereocenters. The fourth-order valence-electron chi connectivity index (χ4n) is 1.82. The molecule has 0 aliphatic rings. The van der Waals surface area contributed by atoms with Crippen molar-refractivity contribution in [3.05, 3.63) is 15.9 Å². The Morgan fingerprint density at radius 2 is 1.95 bits per heavy atom. The standard InChI is InChI=1S/C13H22BrN3O2/c1-7(2)11-10(14)12(16-15-11)13(19)17(8(3)4)6-9(5)18/h7-9,18H,6H2,1-5H3,(H,15,16). The molecule has 0 aliphatic heterocycles. The van der Waals surface area contributed by atoms with Gasteiger partial charge in [-0.05, 0) is 42.6 Å². The molecule has 5 nitrogen and oxygen atoms in total. The minimum atomic E-state index is -0.561. The number of aromatic amines is 1. The summed E-state index contributed by atoms with van der Waals surface area (Å²) in [6.45, 7) is 9.87. The number of nitrogens with zero attached hydrogens (tertiary/aromatic N) is 2. The third-order valence-electron chi connectivity index (χ3n) is 2.86. The molecule has 0 saturated carbocycles. The third kappa shape index (κ3) is 3.79. The Morgan fingerprint density at radius 1 is 1.37 bits per heavy atom. The second-order valence-corrected chi connectivity index (χ2v) is 6.15. The first-order valence-corrected chi connectivity index (χ1v) is 7.27. The summed E-state index contributed by atoms with van der Waals surface area (Å²) in [4.78, 5) is 14.1. The lowest BCUT2D eigenvalue weighted by molar-refractivity contribution is 0.0572. The number of carbonyl (C=O) groups is 1. The van der Waals surface area contributed by atoms with Gasteiger partial charge in [0.15, 0.2) is 5.69 Å². The summed E-state index contributed by atoms with van der Waals surface area (Å²) in [5.41, 5.74) is 1.28. The van der Waals surface area contributed by atoms with Gasteiger partial charge in [-0.25, -0.2) is 0 Å². The van der Waals surface area contributed by atoms with Crippen molar-refractivity contribution in [2.24, 2.45) is 0 Å². The van der Waals surface area contributed by atoms with Crippen molar-refractivity contribution in [3.8, 4) is 0 Å². The number of carbonyl (C=O) groups excluding carboxylic acids is 1. The molecule has 6 heteroatoms. The van der Waals surface area contributed by atoms with Crippen molar-refractivity contribution >= 4 is 21.8 Å². The van der Waals surface area contributed by atoms with Crippen molar-refractivity contribution in [3.63, 3.8) is 0 Å². The molecule has 1 rings (SSSR count). The number of hydrogen-bond acceptors (Lipinski definition) is 3. The largest absolute Gasteiger partial charge is 0.392 e. The molecule has 0 aromatic carbocycles. The number of halogens is 1. The highest BCUT2D eigenvalue weighted by Crippen LogP contribution is 2.26. The Balaban J connectivity index is 3.03.